The van der Waals surface area contributed by atoms with Crippen molar-refractivity contribution in [3.63, 3.8) is 0 Å². The highest BCUT2D eigenvalue weighted by molar-refractivity contribution is 5.73. The first-order valence-electron chi connectivity index (χ1n) is 2.63. The third-order valence-corrected chi connectivity index (χ3v) is 0.861. The van der Waals surface area contributed by atoms with E-state index in [4.69, 9.17) is 0 Å². The molecule has 0 aliphatic carbocycles. The van der Waals surface area contributed by atoms with E-state index in [2.05, 4.69) is 9.98 Å². The van der Waals surface area contributed by atoms with Gasteiger partial charge in [0.25, 0.3) is 0 Å². The molecule has 0 amide bonds. The van der Waals surface area contributed by atoms with Crippen LogP contribution in [0.5, 0.6) is 0 Å². The molecule has 0 aromatic rings. The topological polar surface area (TPSA) is 24.7 Å². The van der Waals surface area contributed by atoms with Crippen molar-refractivity contribution in [1.82, 2.24) is 0 Å². The van der Waals surface area contributed by atoms with Crippen LogP contribution in [0.4, 0.5) is 0 Å². The lowest BCUT2D eigenvalue weighted by Crippen LogP contribution is -1.80. The van der Waals surface area contributed by atoms with Gasteiger partial charge in [-0.1, -0.05) is 6.08 Å². The molecule has 0 radical (unpaired) electrons. The molecule has 0 atom stereocenters. The van der Waals surface area contributed by atoms with Crippen molar-refractivity contribution in [2.45, 2.75) is 6.42 Å². The van der Waals surface area contributed by atoms with Crippen molar-refractivity contribution < 1.29 is 0 Å². The Kier molecular flexibility index (Phi) is 2.04. The summed E-state index contributed by atoms with van der Waals surface area (Å²) in [5, 5.41) is 0. The Balaban J connectivity index is 2.51. The highest BCUT2D eigenvalue weighted by Crippen LogP contribution is 1.82. The third-order valence-electron chi connectivity index (χ3n) is 0.861. The van der Waals surface area contributed by atoms with Crippen LogP contribution in [0.3, 0.4) is 0 Å². The standard InChI is InChI=1S/C6H8N2/c1-2-4-7-6-8-5-3-1/h1-2,4-5H,3,6H2/b2-1-,7-4?,8-5?. The summed E-state index contributed by atoms with van der Waals surface area (Å²) in [5.41, 5.74) is 0. The maximum atomic E-state index is 3.96. The van der Waals surface area contributed by atoms with Crippen LogP contribution < -0.4 is 0 Å². The van der Waals surface area contributed by atoms with Crippen LogP contribution >= 0.6 is 0 Å². The molecular weight excluding hydrogens is 100 g/mol. The second kappa shape index (κ2) is 3.13. The Morgan fingerprint density at radius 3 is 3.25 bits per heavy atom. The van der Waals surface area contributed by atoms with Gasteiger partial charge in [0.15, 0.2) is 0 Å². The molecule has 0 bridgehead atoms. The van der Waals surface area contributed by atoms with Gasteiger partial charge in [-0.05, 0) is 6.08 Å². The minimum absolute atomic E-state index is 0.588. The van der Waals surface area contributed by atoms with Gasteiger partial charge in [0.2, 0.25) is 0 Å². The molecule has 1 heterocycles. The zero-order chi connectivity index (χ0) is 5.66. The summed E-state index contributed by atoms with van der Waals surface area (Å²) in [5.74, 6) is 0. The summed E-state index contributed by atoms with van der Waals surface area (Å²) >= 11 is 0. The van der Waals surface area contributed by atoms with Crippen LogP contribution in [0.25, 0.3) is 0 Å². The number of allylic oxidation sites excluding steroid dienone is 2. The van der Waals surface area contributed by atoms with Crippen LogP contribution in [0.15, 0.2) is 22.1 Å². The number of hydrogen-bond donors (Lipinski definition) is 0. The zero-order valence-corrected chi connectivity index (χ0v) is 4.62. The van der Waals surface area contributed by atoms with Crippen LogP contribution in [0.1, 0.15) is 6.42 Å². The first kappa shape index (κ1) is 5.22. The normalized spacial score (nSPS) is 22.0. The molecule has 0 N–H and O–H groups in total. The number of nitrogens with zero attached hydrogens (tertiary/aromatic N) is 2. The maximum absolute atomic E-state index is 3.96. The SMILES string of the molecule is C1=NCN=CC/C=C\1. The molecular formula is C6H8N2. The Morgan fingerprint density at radius 1 is 1.25 bits per heavy atom. The number of hydrogen-bond acceptors (Lipinski definition) is 2. The predicted octanol–water partition coefficient (Wildman–Crippen LogP) is 1.05. The summed E-state index contributed by atoms with van der Waals surface area (Å²) in [6, 6.07) is 0. The minimum atomic E-state index is 0.588. The highest BCUT2D eigenvalue weighted by atomic mass is 14.9. The van der Waals surface area contributed by atoms with Crippen LogP contribution in [-0.2, 0) is 0 Å². The van der Waals surface area contributed by atoms with E-state index in [1.807, 2.05) is 18.4 Å². The van der Waals surface area contributed by atoms with E-state index >= 15 is 0 Å². The molecule has 0 saturated heterocycles. The van der Waals surface area contributed by atoms with Crippen molar-refractivity contribution in [2.24, 2.45) is 9.98 Å². The monoisotopic (exact) mass is 108 g/mol. The Bertz CT molecular complexity index is 117. The van der Waals surface area contributed by atoms with Gasteiger partial charge in [0, 0.05) is 18.9 Å². The fourth-order valence-corrected chi connectivity index (χ4v) is 0.488. The Hall–Kier alpha value is -0.920. The van der Waals surface area contributed by atoms with Gasteiger partial charge in [0.1, 0.15) is 6.67 Å². The fourth-order valence-electron chi connectivity index (χ4n) is 0.488. The fraction of sp³-hybridized carbons (Fsp3) is 0.333. The van der Waals surface area contributed by atoms with Gasteiger partial charge in [-0.3, -0.25) is 9.98 Å². The van der Waals surface area contributed by atoms with Crippen molar-refractivity contribution in [3.8, 4) is 0 Å². The van der Waals surface area contributed by atoms with E-state index in [1.54, 1.807) is 6.21 Å². The molecule has 0 saturated carbocycles. The lowest BCUT2D eigenvalue weighted by Gasteiger charge is -1.85. The Morgan fingerprint density at radius 2 is 2.25 bits per heavy atom. The number of aliphatic imine (C=N–C) groups is 2. The van der Waals surface area contributed by atoms with E-state index in [-0.39, 0.29) is 0 Å². The van der Waals surface area contributed by atoms with E-state index in [0.717, 1.165) is 6.42 Å². The van der Waals surface area contributed by atoms with E-state index in [1.165, 1.54) is 0 Å². The molecule has 0 unspecified atom stereocenters. The van der Waals surface area contributed by atoms with Crippen LogP contribution in [0, 0.1) is 0 Å². The first-order chi connectivity index (χ1) is 4.00. The average Bonchev–Trinajstić information content (AvgIpc) is 1.62. The van der Waals surface area contributed by atoms with Crippen molar-refractivity contribution in [3.05, 3.63) is 12.2 Å². The lowest BCUT2D eigenvalue weighted by molar-refractivity contribution is 1.07. The minimum Gasteiger partial charge on any atom is -0.274 e. The van der Waals surface area contributed by atoms with E-state index in [0.29, 0.717) is 6.67 Å². The molecule has 2 heteroatoms. The van der Waals surface area contributed by atoms with Gasteiger partial charge in [-0.25, -0.2) is 0 Å². The molecule has 0 fully saturated rings. The van der Waals surface area contributed by atoms with Crippen LogP contribution in [-0.4, -0.2) is 19.1 Å². The number of rotatable bonds is 0. The zero-order valence-electron chi connectivity index (χ0n) is 4.62. The molecule has 1 aliphatic rings. The molecule has 0 aromatic carbocycles. The van der Waals surface area contributed by atoms with Crippen molar-refractivity contribution in [2.75, 3.05) is 6.67 Å². The van der Waals surface area contributed by atoms with Gasteiger partial charge in [-0.15, -0.1) is 0 Å². The van der Waals surface area contributed by atoms with Crippen molar-refractivity contribution >= 4 is 12.4 Å². The summed E-state index contributed by atoms with van der Waals surface area (Å²) < 4.78 is 0. The second-order valence-electron chi connectivity index (χ2n) is 1.50. The van der Waals surface area contributed by atoms with E-state index in [9.17, 15) is 0 Å². The van der Waals surface area contributed by atoms with Crippen LogP contribution in [0.2, 0.25) is 0 Å². The second-order valence-corrected chi connectivity index (χ2v) is 1.50. The van der Waals surface area contributed by atoms with Crippen molar-refractivity contribution in [1.29, 1.82) is 0 Å². The summed E-state index contributed by atoms with van der Waals surface area (Å²) in [6.45, 7) is 0.588. The van der Waals surface area contributed by atoms with E-state index < -0.39 is 0 Å². The molecule has 42 valence electrons. The largest absolute Gasteiger partial charge is 0.274 e. The third kappa shape index (κ3) is 1.69. The summed E-state index contributed by atoms with van der Waals surface area (Å²) in [6.07, 6.45) is 8.53. The molecule has 1 rings (SSSR count). The summed E-state index contributed by atoms with van der Waals surface area (Å²) in [7, 11) is 0. The predicted molar refractivity (Wildman–Crippen MR) is 35.6 cm³/mol. The molecule has 2 nitrogen and oxygen atoms in total. The molecule has 8 heavy (non-hydrogen) atoms. The molecule has 1 aliphatic heterocycles. The quantitative estimate of drug-likeness (QED) is 0.443. The average molecular weight is 108 g/mol. The highest BCUT2D eigenvalue weighted by Gasteiger charge is 1.74. The van der Waals surface area contributed by atoms with Gasteiger partial charge >= 0.3 is 0 Å². The Labute approximate surface area is 48.7 Å². The van der Waals surface area contributed by atoms with Gasteiger partial charge in [0.05, 0.1) is 0 Å². The lowest BCUT2D eigenvalue weighted by atomic mass is 10.4. The smallest absolute Gasteiger partial charge is 0.128 e. The van der Waals surface area contributed by atoms with Gasteiger partial charge in [-0.2, -0.15) is 0 Å². The first-order valence-corrected chi connectivity index (χ1v) is 2.63. The molecule has 0 spiro atoms. The summed E-state index contributed by atoms with van der Waals surface area (Å²) in [4.78, 5) is 7.88. The molecule has 0 aromatic heterocycles. The van der Waals surface area contributed by atoms with Gasteiger partial charge < -0.3 is 0 Å². The maximum Gasteiger partial charge on any atom is 0.128 e.